The summed E-state index contributed by atoms with van der Waals surface area (Å²) in [5, 5.41) is 0. The molecule has 0 aliphatic heterocycles. The Kier molecular flexibility index (Phi) is 5.14. The van der Waals surface area contributed by atoms with Gasteiger partial charge in [-0.05, 0) is 61.4 Å². The number of esters is 2. The summed E-state index contributed by atoms with van der Waals surface area (Å²) in [5.41, 5.74) is 2.40. The van der Waals surface area contributed by atoms with Gasteiger partial charge in [0.15, 0.2) is 5.78 Å². The third-order valence-corrected chi connectivity index (χ3v) is 3.35. The van der Waals surface area contributed by atoms with Crippen LogP contribution in [0.15, 0.2) is 36.4 Å². The molecule has 0 radical (unpaired) electrons. The van der Waals surface area contributed by atoms with Crippen molar-refractivity contribution in [1.82, 2.24) is 0 Å². The van der Waals surface area contributed by atoms with Crippen molar-refractivity contribution < 1.29 is 23.9 Å². The van der Waals surface area contributed by atoms with E-state index in [1.165, 1.54) is 13.8 Å². The van der Waals surface area contributed by atoms with E-state index in [-0.39, 0.29) is 5.78 Å². The Labute approximate surface area is 140 Å². The molecule has 0 amide bonds. The minimum Gasteiger partial charge on any atom is -0.427 e. The fourth-order valence-electron chi connectivity index (χ4n) is 2.39. The highest BCUT2D eigenvalue weighted by Crippen LogP contribution is 2.26. The van der Waals surface area contributed by atoms with E-state index >= 15 is 0 Å². The van der Waals surface area contributed by atoms with Gasteiger partial charge < -0.3 is 9.47 Å². The molecule has 0 aromatic heterocycles. The van der Waals surface area contributed by atoms with E-state index in [4.69, 9.17) is 9.47 Å². The first-order chi connectivity index (χ1) is 11.3. The summed E-state index contributed by atoms with van der Waals surface area (Å²) >= 11 is 0. The molecular weight excluding hydrogens is 308 g/mol. The van der Waals surface area contributed by atoms with Crippen molar-refractivity contribution in [2.75, 3.05) is 0 Å². The number of benzene rings is 2. The first-order valence-corrected chi connectivity index (χ1v) is 7.40. The Morgan fingerprint density at radius 2 is 1.25 bits per heavy atom. The van der Waals surface area contributed by atoms with E-state index in [2.05, 4.69) is 0 Å². The van der Waals surface area contributed by atoms with Gasteiger partial charge in [-0.3, -0.25) is 14.4 Å². The number of carbonyl (C=O) groups is 3. The number of hydrogen-bond acceptors (Lipinski definition) is 5. The summed E-state index contributed by atoms with van der Waals surface area (Å²) in [4.78, 5) is 34.7. The Balaban J connectivity index is 2.29. The summed E-state index contributed by atoms with van der Waals surface area (Å²) in [5.74, 6) is -0.117. The van der Waals surface area contributed by atoms with Crippen molar-refractivity contribution in [3.05, 3.63) is 58.7 Å². The Morgan fingerprint density at radius 3 is 1.71 bits per heavy atom. The van der Waals surface area contributed by atoms with E-state index in [0.717, 1.165) is 0 Å². The lowest BCUT2D eigenvalue weighted by molar-refractivity contribution is -0.132. The van der Waals surface area contributed by atoms with E-state index in [0.29, 0.717) is 33.8 Å². The van der Waals surface area contributed by atoms with Crippen molar-refractivity contribution in [3.8, 4) is 11.5 Å². The molecule has 2 aromatic carbocycles. The summed E-state index contributed by atoms with van der Waals surface area (Å²) in [7, 11) is 0. The van der Waals surface area contributed by atoms with Gasteiger partial charge in [0.05, 0.1) is 0 Å². The van der Waals surface area contributed by atoms with Crippen LogP contribution in [0, 0.1) is 13.8 Å². The summed E-state index contributed by atoms with van der Waals surface area (Å²) in [6.07, 6.45) is 0. The molecule has 24 heavy (non-hydrogen) atoms. The third kappa shape index (κ3) is 4.07. The minimum absolute atomic E-state index is 0.162. The van der Waals surface area contributed by atoms with Crippen LogP contribution in [0.2, 0.25) is 0 Å². The van der Waals surface area contributed by atoms with Gasteiger partial charge in [-0.1, -0.05) is 0 Å². The number of hydrogen-bond donors (Lipinski definition) is 0. The topological polar surface area (TPSA) is 69.7 Å². The first-order valence-electron chi connectivity index (χ1n) is 7.40. The lowest BCUT2D eigenvalue weighted by Gasteiger charge is -2.11. The maximum absolute atomic E-state index is 12.6. The van der Waals surface area contributed by atoms with E-state index in [1.807, 2.05) is 0 Å². The normalized spacial score (nSPS) is 10.2. The molecule has 0 saturated heterocycles. The van der Waals surface area contributed by atoms with Crippen LogP contribution in [-0.2, 0) is 9.59 Å². The Bertz CT molecular complexity index is 780. The highest BCUT2D eigenvalue weighted by Gasteiger charge is 2.15. The van der Waals surface area contributed by atoms with Gasteiger partial charge in [0.1, 0.15) is 11.5 Å². The molecule has 0 bridgehead atoms. The van der Waals surface area contributed by atoms with Crippen molar-refractivity contribution in [2.45, 2.75) is 27.7 Å². The number of ketones is 1. The average molecular weight is 326 g/mol. The zero-order chi connectivity index (χ0) is 17.9. The maximum Gasteiger partial charge on any atom is 0.308 e. The molecule has 5 nitrogen and oxygen atoms in total. The molecule has 0 atom stereocenters. The molecular formula is C19H18O5. The second-order valence-corrected chi connectivity index (χ2v) is 5.48. The lowest BCUT2D eigenvalue weighted by Crippen LogP contribution is -2.07. The molecule has 0 aliphatic carbocycles. The highest BCUT2D eigenvalue weighted by atomic mass is 16.5. The first kappa shape index (κ1) is 17.4. The number of carbonyl (C=O) groups excluding carboxylic acids is 3. The summed E-state index contributed by atoms with van der Waals surface area (Å²) < 4.78 is 10.1. The summed E-state index contributed by atoms with van der Waals surface area (Å²) in [6, 6.07) is 9.72. The fourth-order valence-corrected chi connectivity index (χ4v) is 2.39. The second kappa shape index (κ2) is 7.08. The van der Waals surface area contributed by atoms with Gasteiger partial charge >= 0.3 is 11.9 Å². The van der Waals surface area contributed by atoms with Crippen LogP contribution in [0.4, 0.5) is 0 Å². The number of ether oxygens (including phenoxy) is 2. The predicted octanol–water partition coefficient (Wildman–Crippen LogP) is 3.39. The number of rotatable bonds is 4. The molecule has 124 valence electrons. The minimum atomic E-state index is -0.415. The van der Waals surface area contributed by atoms with Crippen LogP contribution in [0.25, 0.3) is 0 Å². The van der Waals surface area contributed by atoms with E-state index < -0.39 is 11.9 Å². The molecule has 2 rings (SSSR count). The largest absolute Gasteiger partial charge is 0.427 e. The van der Waals surface area contributed by atoms with Gasteiger partial charge in [0.2, 0.25) is 0 Å². The zero-order valence-corrected chi connectivity index (χ0v) is 14.0. The number of aryl methyl sites for hydroxylation is 2. The van der Waals surface area contributed by atoms with E-state index in [9.17, 15) is 14.4 Å². The van der Waals surface area contributed by atoms with Gasteiger partial charge in [-0.25, -0.2) is 0 Å². The van der Waals surface area contributed by atoms with E-state index in [1.54, 1.807) is 50.2 Å². The van der Waals surface area contributed by atoms with Gasteiger partial charge in [-0.15, -0.1) is 0 Å². The van der Waals surface area contributed by atoms with Crippen molar-refractivity contribution in [1.29, 1.82) is 0 Å². The Morgan fingerprint density at radius 1 is 0.750 bits per heavy atom. The van der Waals surface area contributed by atoms with Crippen molar-refractivity contribution in [3.63, 3.8) is 0 Å². The van der Waals surface area contributed by atoms with Crippen LogP contribution in [0.1, 0.15) is 40.9 Å². The SMILES string of the molecule is CC(=O)Oc1ccc(C(=O)c2cc(C)c(OC(C)=O)c(C)c2)cc1. The molecule has 0 N–H and O–H groups in total. The van der Waals surface area contributed by atoms with Crippen LogP contribution in [-0.4, -0.2) is 17.7 Å². The monoisotopic (exact) mass is 326 g/mol. The molecule has 0 fully saturated rings. The van der Waals surface area contributed by atoms with Gasteiger partial charge in [0.25, 0.3) is 0 Å². The van der Waals surface area contributed by atoms with Gasteiger partial charge in [0, 0.05) is 25.0 Å². The molecule has 5 heteroatoms. The highest BCUT2D eigenvalue weighted by molar-refractivity contribution is 6.09. The van der Waals surface area contributed by atoms with Crippen LogP contribution < -0.4 is 9.47 Å². The van der Waals surface area contributed by atoms with Crippen molar-refractivity contribution in [2.24, 2.45) is 0 Å². The fraction of sp³-hybridized carbons (Fsp3) is 0.211. The Hall–Kier alpha value is -2.95. The van der Waals surface area contributed by atoms with Crippen molar-refractivity contribution >= 4 is 17.7 Å². The quantitative estimate of drug-likeness (QED) is 0.489. The average Bonchev–Trinajstić information content (AvgIpc) is 2.50. The maximum atomic E-state index is 12.6. The molecule has 0 aliphatic rings. The summed E-state index contributed by atoms with van der Waals surface area (Å²) in [6.45, 7) is 6.22. The lowest BCUT2D eigenvalue weighted by atomic mass is 9.98. The molecule has 0 spiro atoms. The molecule has 2 aromatic rings. The zero-order valence-electron chi connectivity index (χ0n) is 14.0. The molecule has 0 heterocycles. The van der Waals surface area contributed by atoms with Crippen LogP contribution in [0.5, 0.6) is 11.5 Å². The van der Waals surface area contributed by atoms with Crippen LogP contribution in [0.3, 0.4) is 0 Å². The van der Waals surface area contributed by atoms with Crippen LogP contribution >= 0.6 is 0 Å². The molecule has 0 unspecified atom stereocenters. The second-order valence-electron chi connectivity index (χ2n) is 5.48. The standard InChI is InChI=1S/C19H18O5/c1-11-9-16(10-12(2)19(11)24-14(4)21)18(22)15-5-7-17(8-6-15)23-13(3)20/h5-10H,1-4H3. The smallest absolute Gasteiger partial charge is 0.308 e. The third-order valence-electron chi connectivity index (χ3n) is 3.35. The molecule has 0 saturated carbocycles. The predicted molar refractivity (Wildman–Crippen MR) is 88.4 cm³/mol. The van der Waals surface area contributed by atoms with Gasteiger partial charge in [-0.2, -0.15) is 0 Å².